The van der Waals surface area contributed by atoms with Gasteiger partial charge in [0.2, 0.25) is 0 Å². The van der Waals surface area contributed by atoms with Gasteiger partial charge in [-0.25, -0.2) is 9.78 Å². The summed E-state index contributed by atoms with van der Waals surface area (Å²) >= 11 is 1.56. The second-order valence-electron chi connectivity index (χ2n) is 3.06. The fourth-order valence-electron chi connectivity index (χ4n) is 1.45. The molecule has 2 heterocycles. The molecule has 2 aromatic heterocycles. The molecule has 0 bridgehead atoms. The van der Waals surface area contributed by atoms with E-state index in [0.29, 0.717) is 11.1 Å². The summed E-state index contributed by atoms with van der Waals surface area (Å²) < 4.78 is 4.91. The number of hydrogen-bond acceptors (Lipinski definition) is 4. The van der Waals surface area contributed by atoms with Crippen LogP contribution in [0.2, 0.25) is 0 Å². The predicted octanol–water partition coefficient (Wildman–Crippen LogP) is 2.24. The van der Waals surface area contributed by atoms with E-state index in [1.165, 1.54) is 0 Å². The van der Waals surface area contributed by atoms with Gasteiger partial charge in [-0.2, -0.15) is 0 Å². The highest BCUT2D eigenvalue weighted by Crippen LogP contribution is 2.24. The number of hydrogen-bond donors (Lipinski definition) is 1. The van der Waals surface area contributed by atoms with Crippen molar-refractivity contribution < 1.29 is 4.42 Å². The van der Waals surface area contributed by atoms with E-state index in [-0.39, 0.29) is 0 Å². The Bertz CT molecular complexity index is 651. The monoisotopic (exact) mass is 218 g/mol. The number of H-pyrrole nitrogens is 1. The maximum Gasteiger partial charge on any atom is 0.417 e. The van der Waals surface area contributed by atoms with Crippen molar-refractivity contribution in [2.75, 3.05) is 0 Å². The van der Waals surface area contributed by atoms with Crippen molar-refractivity contribution in [3.63, 3.8) is 0 Å². The molecule has 0 aliphatic rings. The lowest BCUT2D eigenvalue weighted by Crippen LogP contribution is -1.92. The van der Waals surface area contributed by atoms with Crippen molar-refractivity contribution >= 4 is 22.4 Å². The summed E-state index contributed by atoms with van der Waals surface area (Å²) in [6.45, 7) is 0. The minimum Gasteiger partial charge on any atom is -0.408 e. The summed E-state index contributed by atoms with van der Waals surface area (Å²) in [7, 11) is 0. The van der Waals surface area contributed by atoms with Crippen molar-refractivity contribution in [2.45, 2.75) is 0 Å². The van der Waals surface area contributed by atoms with Gasteiger partial charge < -0.3 is 4.42 Å². The van der Waals surface area contributed by atoms with E-state index < -0.39 is 5.76 Å². The van der Waals surface area contributed by atoms with Crippen LogP contribution in [0.15, 0.2) is 39.0 Å². The lowest BCUT2D eigenvalue weighted by atomic mass is 10.2. The molecule has 0 amide bonds. The molecule has 74 valence electrons. The zero-order valence-corrected chi connectivity index (χ0v) is 8.38. The quantitative estimate of drug-likeness (QED) is 0.681. The second-order valence-corrected chi connectivity index (χ2v) is 3.96. The zero-order chi connectivity index (χ0) is 10.3. The summed E-state index contributed by atoms with van der Waals surface area (Å²) in [5.41, 5.74) is 2.25. The molecule has 1 N–H and O–H groups in total. The van der Waals surface area contributed by atoms with Crippen molar-refractivity contribution in [3.8, 4) is 10.6 Å². The maximum absolute atomic E-state index is 11.0. The first-order valence-corrected chi connectivity index (χ1v) is 5.24. The molecule has 0 saturated carbocycles. The summed E-state index contributed by atoms with van der Waals surface area (Å²) in [5, 5.41) is 2.84. The van der Waals surface area contributed by atoms with Gasteiger partial charge in [0.15, 0.2) is 5.58 Å². The molecule has 0 aliphatic heterocycles. The van der Waals surface area contributed by atoms with Gasteiger partial charge in [0.05, 0.1) is 5.52 Å². The lowest BCUT2D eigenvalue weighted by molar-refractivity contribution is 0.555. The Hall–Kier alpha value is -1.88. The highest BCUT2D eigenvalue weighted by molar-refractivity contribution is 7.13. The molecule has 0 fully saturated rings. The number of oxazole rings is 1. The second kappa shape index (κ2) is 3.06. The fraction of sp³-hybridized carbons (Fsp3) is 0. The average molecular weight is 218 g/mol. The van der Waals surface area contributed by atoms with Crippen LogP contribution in [-0.4, -0.2) is 9.97 Å². The van der Waals surface area contributed by atoms with Crippen molar-refractivity contribution in [3.05, 3.63) is 40.3 Å². The zero-order valence-electron chi connectivity index (χ0n) is 7.56. The molecule has 4 nitrogen and oxygen atoms in total. The first-order valence-electron chi connectivity index (χ1n) is 4.36. The van der Waals surface area contributed by atoms with Crippen LogP contribution < -0.4 is 5.76 Å². The number of benzene rings is 1. The standard InChI is InChI=1S/C10H6N2O2S/c13-10-12-7-5-6(1-2-8(7)14-10)9-11-3-4-15-9/h1-5H,(H,12,13). The Morgan fingerprint density at radius 1 is 1.40 bits per heavy atom. The molecule has 15 heavy (non-hydrogen) atoms. The molecule has 0 aliphatic carbocycles. The Balaban J connectivity index is 2.26. The van der Waals surface area contributed by atoms with Crippen molar-refractivity contribution in [1.82, 2.24) is 9.97 Å². The Morgan fingerprint density at radius 3 is 3.13 bits per heavy atom. The van der Waals surface area contributed by atoms with Gasteiger partial charge in [-0.15, -0.1) is 11.3 Å². The first-order chi connectivity index (χ1) is 7.33. The molecule has 3 rings (SSSR count). The smallest absolute Gasteiger partial charge is 0.408 e. The first kappa shape index (κ1) is 8.43. The summed E-state index contributed by atoms with van der Waals surface area (Å²) in [4.78, 5) is 17.8. The van der Waals surface area contributed by atoms with Crippen molar-refractivity contribution in [2.24, 2.45) is 0 Å². The summed E-state index contributed by atoms with van der Waals surface area (Å²) in [5.74, 6) is -0.429. The lowest BCUT2D eigenvalue weighted by Gasteiger charge is -1.94. The van der Waals surface area contributed by atoms with E-state index in [2.05, 4.69) is 9.97 Å². The van der Waals surface area contributed by atoms with E-state index in [9.17, 15) is 4.79 Å². The van der Waals surface area contributed by atoms with E-state index >= 15 is 0 Å². The van der Waals surface area contributed by atoms with Gasteiger partial charge in [0.25, 0.3) is 0 Å². The van der Waals surface area contributed by atoms with Crippen molar-refractivity contribution in [1.29, 1.82) is 0 Å². The Morgan fingerprint density at radius 2 is 2.33 bits per heavy atom. The molecular weight excluding hydrogens is 212 g/mol. The van der Waals surface area contributed by atoms with Crippen LogP contribution in [0.3, 0.4) is 0 Å². The van der Waals surface area contributed by atoms with Crippen LogP contribution in [0.4, 0.5) is 0 Å². The van der Waals surface area contributed by atoms with E-state index in [0.717, 1.165) is 10.6 Å². The van der Waals surface area contributed by atoms with E-state index in [1.807, 2.05) is 17.5 Å². The Kier molecular flexibility index (Phi) is 1.72. The van der Waals surface area contributed by atoms with Crippen LogP contribution in [-0.2, 0) is 0 Å². The van der Waals surface area contributed by atoms with Gasteiger partial charge in [-0.1, -0.05) is 0 Å². The molecular formula is C10H6N2O2S. The van der Waals surface area contributed by atoms with E-state index in [4.69, 9.17) is 4.42 Å². The average Bonchev–Trinajstić information content (AvgIpc) is 2.82. The highest BCUT2D eigenvalue weighted by atomic mass is 32.1. The minimum atomic E-state index is -0.429. The normalized spacial score (nSPS) is 10.9. The van der Waals surface area contributed by atoms with Crippen LogP contribution >= 0.6 is 11.3 Å². The number of rotatable bonds is 1. The number of thiazole rings is 1. The largest absolute Gasteiger partial charge is 0.417 e. The molecule has 3 aromatic rings. The van der Waals surface area contributed by atoms with Crippen LogP contribution in [0.5, 0.6) is 0 Å². The summed E-state index contributed by atoms with van der Waals surface area (Å²) in [6, 6.07) is 5.51. The maximum atomic E-state index is 11.0. The van der Waals surface area contributed by atoms with Gasteiger partial charge in [-0.3, -0.25) is 4.98 Å². The molecule has 5 heteroatoms. The number of nitrogens with one attached hydrogen (secondary N) is 1. The number of fused-ring (bicyclic) bond motifs is 1. The molecule has 0 atom stereocenters. The third kappa shape index (κ3) is 1.37. The molecule has 0 saturated heterocycles. The van der Waals surface area contributed by atoms with Gasteiger partial charge in [-0.05, 0) is 18.2 Å². The highest BCUT2D eigenvalue weighted by Gasteiger charge is 2.04. The third-order valence-electron chi connectivity index (χ3n) is 2.10. The van der Waals surface area contributed by atoms with E-state index in [1.54, 1.807) is 23.6 Å². The number of aromatic nitrogens is 2. The van der Waals surface area contributed by atoms with Gasteiger partial charge in [0.1, 0.15) is 5.01 Å². The molecule has 0 radical (unpaired) electrons. The summed E-state index contributed by atoms with van der Waals surface area (Å²) in [6.07, 6.45) is 1.75. The van der Waals surface area contributed by atoms with Crippen LogP contribution in [0.1, 0.15) is 0 Å². The van der Waals surface area contributed by atoms with Crippen LogP contribution in [0, 0.1) is 0 Å². The molecule has 0 unspecified atom stereocenters. The SMILES string of the molecule is O=c1[nH]c2cc(-c3nccs3)ccc2o1. The number of aromatic amines is 1. The molecule has 1 aromatic carbocycles. The third-order valence-corrected chi connectivity index (χ3v) is 2.92. The Labute approximate surface area is 88.2 Å². The minimum absolute atomic E-state index is 0.429. The molecule has 0 spiro atoms. The van der Waals surface area contributed by atoms with Crippen LogP contribution in [0.25, 0.3) is 21.7 Å². The van der Waals surface area contributed by atoms with Gasteiger partial charge >= 0.3 is 5.76 Å². The number of nitrogens with zero attached hydrogens (tertiary/aromatic N) is 1. The fourth-order valence-corrected chi connectivity index (χ4v) is 2.09. The predicted molar refractivity (Wildman–Crippen MR) is 57.9 cm³/mol. The topological polar surface area (TPSA) is 58.9 Å². The van der Waals surface area contributed by atoms with Gasteiger partial charge in [0, 0.05) is 17.1 Å².